The molecule has 1 rings (SSSR count). The van der Waals surface area contributed by atoms with E-state index >= 15 is 0 Å². The Morgan fingerprint density at radius 2 is 2.00 bits per heavy atom. The minimum atomic E-state index is -0.469. The summed E-state index contributed by atoms with van der Waals surface area (Å²) in [5, 5.41) is 2.86. The maximum absolute atomic E-state index is 11.9. The van der Waals surface area contributed by atoms with Crippen LogP contribution in [0.2, 0.25) is 0 Å². The van der Waals surface area contributed by atoms with Crippen LogP contribution in [0.4, 0.5) is 0 Å². The summed E-state index contributed by atoms with van der Waals surface area (Å²) in [5.74, 6) is 0.249. The molecule has 0 radical (unpaired) electrons. The van der Waals surface area contributed by atoms with E-state index in [0.717, 1.165) is 12.0 Å². The van der Waals surface area contributed by atoms with E-state index in [1.165, 1.54) is 0 Å². The summed E-state index contributed by atoms with van der Waals surface area (Å²) in [5.41, 5.74) is 12.2. The molecule has 0 aromatic heterocycles. The second-order valence-electron chi connectivity index (χ2n) is 5.78. The second-order valence-corrected chi connectivity index (χ2v) is 5.78. The van der Waals surface area contributed by atoms with Crippen LogP contribution in [0.3, 0.4) is 0 Å². The fourth-order valence-corrected chi connectivity index (χ4v) is 2.30. The Kier molecular flexibility index (Phi) is 6.88. The Bertz CT molecular complexity index is 486. The third-order valence-corrected chi connectivity index (χ3v) is 3.31. The lowest BCUT2D eigenvalue weighted by atomic mass is 9.94. The number of carbonyl (C=O) groups is 2. The lowest BCUT2D eigenvalue weighted by Gasteiger charge is -2.16. The van der Waals surface area contributed by atoms with E-state index in [1.807, 2.05) is 6.07 Å². The number of rotatable bonds is 8. The zero-order valence-electron chi connectivity index (χ0n) is 12.8. The van der Waals surface area contributed by atoms with Crippen LogP contribution in [0.1, 0.15) is 42.6 Å². The fourth-order valence-electron chi connectivity index (χ4n) is 2.30. The molecule has 1 aromatic carbocycles. The first-order valence-corrected chi connectivity index (χ1v) is 7.27. The van der Waals surface area contributed by atoms with E-state index in [4.69, 9.17) is 11.5 Å². The van der Waals surface area contributed by atoms with E-state index in [0.29, 0.717) is 31.0 Å². The van der Waals surface area contributed by atoms with E-state index < -0.39 is 5.91 Å². The lowest BCUT2D eigenvalue weighted by Crippen LogP contribution is -2.28. The Hall–Kier alpha value is -1.88. The number of hydrogen-bond donors (Lipinski definition) is 3. The number of benzene rings is 1. The van der Waals surface area contributed by atoms with Gasteiger partial charge in [0.1, 0.15) is 0 Å². The molecule has 0 aliphatic carbocycles. The highest BCUT2D eigenvalue weighted by Crippen LogP contribution is 2.14. The summed E-state index contributed by atoms with van der Waals surface area (Å²) < 4.78 is 0. The summed E-state index contributed by atoms with van der Waals surface area (Å²) >= 11 is 0. The topological polar surface area (TPSA) is 98.2 Å². The zero-order valence-corrected chi connectivity index (χ0v) is 12.8. The molecule has 5 N–H and O–H groups in total. The quantitative estimate of drug-likeness (QED) is 0.675. The largest absolute Gasteiger partial charge is 0.366 e. The van der Waals surface area contributed by atoms with Crippen molar-refractivity contribution in [2.24, 2.45) is 23.3 Å². The molecule has 5 heteroatoms. The third-order valence-electron chi connectivity index (χ3n) is 3.31. The first-order chi connectivity index (χ1) is 9.92. The molecule has 0 aliphatic heterocycles. The minimum absolute atomic E-state index is 0.0180. The van der Waals surface area contributed by atoms with Crippen LogP contribution >= 0.6 is 0 Å². The summed E-state index contributed by atoms with van der Waals surface area (Å²) in [6.45, 7) is 5.15. The van der Waals surface area contributed by atoms with Gasteiger partial charge in [0, 0.05) is 18.5 Å². The van der Waals surface area contributed by atoms with Crippen molar-refractivity contribution >= 4 is 11.8 Å². The van der Waals surface area contributed by atoms with Crippen molar-refractivity contribution in [3.8, 4) is 0 Å². The van der Waals surface area contributed by atoms with Crippen LogP contribution in [0.5, 0.6) is 0 Å². The number of primary amides is 1. The number of carbonyl (C=O) groups excluding carboxylic acids is 2. The molecule has 0 fully saturated rings. The number of nitrogens with one attached hydrogen (secondary N) is 1. The molecule has 1 unspecified atom stereocenters. The smallest absolute Gasteiger partial charge is 0.248 e. The number of nitrogens with two attached hydrogens (primary N) is 2. The van der Waals surface area contributed by atoms with Gasteiger partial charge < -0.3 is 16.8 Å². The van der Waals surface area contributed by atoms with Gasteiger partial charge in [0.25, 0.3) is 0 Å². The summed E-state index contributed by atoms with van der Waals surface area (Å²) in [7, 11) is 0. The lowest BCUT2D eigenvalue weighted by molar-refractivity contribution is -0.122. The van der Waals surface area contributed by atoms with Crippen molar-refractivity contribution < 1.29 is 9.59 Å². The minimum Gasteiger partial charge on any atom is -0.366 e. The molecule has 0 heterocycles. The molecular formula is C16H25N3O2. The maximum Gasteiger partial charge on any atom is 0.248 e. The molecule has 0 saturated carbocycles. The molecule has 0 saturated heterocycles. The predicted molar refractivity (Wildman–Crippen MR) is 83.4 cm³/mol. The van der Waals surface area contributed by atoms with Gasteiger partial charge in [-0.3, -0.25) is 9.59 Å². The van der Waals surface area contributed by atoms with Crippen molar-refractivity contribution in [3.63, 3.8) is 0 Å². The standard InChI is InChI=1S/C16H25N3O2/c1-11(2)6-13(9-17)8-15(20)19-10-12-4-3-5-14(7-12)16(18)21/h3-5,7,11,13H,6,8-10,17H2,1-2H3,(H2,18,21)(H,19,20). The van der Waals surface area contributed by atoms with Gasteiger partial charge in [0.05, 0.1) is 0 Å². The molecule has 1 aromatic rings. The van der Waals surface area contributed by atoms with Crippen molar-refractivity contribution in [2.45, 2.75) is 33.2 Å². The summed E-state index contributed by atoms with van der Waals surface area (Å²) in [6, 6.07) is 6.95. The molecule has 5 nitrogen and oxygen atoms in total. The van der Waals surface area contributed by atoms with Crippen LogP contribution in [0.15, 0.2) is 24.3 Å². The molecule has 1 atom stereocenters. The van der Waals surface area contributed by atoms with Gasteiger partial charge in [-0.25, -0.2) is 0 Å². The molecule has 2 amide bonds. The van der Waals surface area contributed by atoms with Crippen LogP contribution in [0.25, 0.3) is 0 Å². The van der Waals surface area contributed by atoms with Gasteiger partial charge in [-0.15, -0.1) is 0 Å². The van der Waals surface area contributed by atoms with Crippen LogP contribution in [0, 0.1) is 11.8 Å². The molecule has 116 valence electrons. The first kappa shape index (κ1) is 17.2. The molecule has 0 aliphatic rings. The number of hydrogen-bond acceptors (Lipinski definition) is 3. The van der Waals surface area contributed by atoms with Crippen molar-refractivity contribution in [2.75, 3.05) is 6.54 Å². The zero-order chi connectivity index (χ0) is 15.8. The Labute approximate surface area is 126 Å². The molecule has 0 spiro atoms. The predicted octanol–water partition coefficient (Wildman–Crippen LogP) is 1.41. The van der Waals surface area contributed by atoms with Crippen molar-refractivity contribution in [1.82, 2.24) is 5.32 Å². The van der Waals surface area contributed by atoms with Gasteiger partial charge in [-0.1, -0.05) is 26.0 Å². The molecular weight excluding hydrogens is 266 g/mol. The van der Waals surface area contributed by atoms with E-state index in [1.54, 1.807) is 18.2 Å². The highest BCUT2D eigenvalue weighted by Gasteiger charge is 2.14. The van der Waals surface area contributed by atoms with Crippen LogP contribution < -0.4 is 16.8 Å². The third kappa shape index (κ3) is 6.40. The normalized spacial score (nSPS) is 12.2. The summed E-state index contributed by atoms with van der Waals surface area (Å²) in [4.78, 5) is 23.0. The average molecular weight is 291 g/mol. The number of amides is 2. The molecule has 0 bridgehead atoms. The van der Waals surface area contributed by atoms with E-state index in [9.17, 15) is 9.59 Å². The SMILES string of the molecule is CC(C)CC(CN)CC(=O)NCc1cccc(C(N)=O)c1. The average Bonchev–Trinajstić information content (AvgIpc) is 2.44. The van der Waals surface area contributed by atoms with Crippen molar-refractivity contribution in [1.29, 1.82) is 0 Å². The highest BCUT2D eigenvalue weighted by atomic mass is 16.1. The maximum atomic E-state index is 11.9. The van der Waals surface area contributed by atoms with Crippen LogP contribution in [-0.4, -0.2) is 18.4 Å². The Balaban J connectivity index is 2.49. The summed E-state index contributed by atoms with van der Waals surface area (Å²) in [6.07, 6.45) is 1.38. The van der Waals surface area contributed by atoms with Gasteiger partial charge in [-0.2, -0.15) is 0 Å². The van der Waals surface area contributed by atoms with Gasteiger partial charge >= 0.3 is 0 Å². The van der Waals surface area contributed by atoms with E-state index in [-0.39, 0.29) is 11.8 Å². The highest BCUT2D eigenvalue weighted by molar-refractivity contribution is 5.92. The monoisotopic (exact) mass is 291 g/mol. The van der Waals surface area contributed by atoms with Gasteiger partial charge in [-0.05, 0) is 42.5 Å². The Morgan fingerprint density at radius 3 is 2.57 bits per heavy atom. The fraction of sp³-hybridized carbons (Fsp3) is 0.500. The second kappa shape index (κ2) is 8.42. The Morgan fingerprint density at radius 1 is 1.29 bits per heavy atom. The van der Waals surface area contributed by atoms with Gasteiger partial charge in [0.15, 0.2) is 0 Å². The first-order valence-electron chi connectivity index (χ1n) is 7.27. The van der Waals surface area contributed by atoms with Crippen LogP contribution in [-0.2, 0) is 11.3 Å². The van der Waals surface area contributed by atoms with E-state index in [2.05, 4.69) is 19.2 Å². The van der Waals surface area contributed by atoms with Gasteiger partial charge in [0.2, 0.25) is 11.8 Å². The van der Waals surface area contributed by atoms with Crippen molar-refractivity contribution in [3.05, 3.63) is 35.4 Å². The molecule has 21 heavy (non-hydrogen) atoms.